The van der Waals surface area contributed by atoms with Crippen LogP contribution in [-0.2, 0) is 0 Å². The smallest absolute Gasteiger partial charge is 0.0991 e. The van der Waals surface area contributed by atoms with Crippen LogP contribution in [0.15, 0.2) is 29.4 Å². The van der Waals surface area contributed by atoms with Gasteiger partial charge >= 0.3 is 0 Å². The van der Waals surface area contributed by atoms with Crippen molar-refractivity contribution >= 4 is 6.21 Å². The van der Waals surface area contributed by atoms with E-state index in [0.717, 1.165) is 5.56 Å². The van der Waals surface area contributed by atoms with E-state index in [0.29, 0.717) is 17.6 Å². The Morgan fingerprint density at radius 1 is 1.22 bits per heavy atom. The van der Waals surface area contributed by atoms with E-state index >= 15 is 0 Å². The summed E-state index contributed by atoms with van der Waals surface area (Å²) in [4.78, 5) is 0. The van der Waals surface area contributed by atoms with Gasteiger partial charge in [-0.2, -0.15) is 10.4 Å². The summed E-state index contributed by atoms with van der Waals surface area (Å²) in [5.74, 6) is 0. The van der Waals surface area contributed by atoms with Gasteiger partial charge in [0.1, 0.15) is 0 Å². The Kier molecular flexibility index (Phi) is 3.99. The Bertz CT molecular complexity index is 446. The first kappa shape index (κ1) is 12.6. The minimum absolute atomic E-state index is 0.517. The topological polar surface area (TPSA) is 39.4 Å². The van der Waals surface area contributed by atoms with Crippen LogP contribution in [0.3, 0.4) is 0 Å². The number of piperidine rings is 1. The molecule has 18 heavy (non-hydrogen) atoms. The van der Waals surface area contributed by atoms with Gasteiger partial charge in [-0.15, -0.1) is 0 Å². The number of hydrazone groups is 1. The molecule has 1 fully saturated rings. The number of nitriles is 1. The fourth-order valence-corrected chi connectivity index (χ4v) is 2.41. The third kappa shape index (κ3) is 2.89. The lowest BCUT2D eigenvalue weighted by Gasteiger charge is -2.36. The van der Waals surface area contributed by atoms with Crippen LogP contribution in [-0.4, -0.2) is 23.3 Å². The van der Waals surface area contributed by atoms with Crippen molar-refractivity contribution in [2.45, 2.75) is 45.2 Å². The minimum atomic E-state index is 0.517. The Balaban J connectivity index is 2.07. The van der Waals surface area contributed by atoms with Crippen LogP contribution in [0.1, 0.15) is 44.2 Å². The summed E-state index contributed by atoms with van der Waals surface area (Å²) < 4.78 is 0. The van der Waals surface area contributed by atoms with E-state index in [1.54, 1.807) is 0 Å². The summed E-state index contributed by atoms with van der Waals surface area (Å²) >= 11 is 0. The lowest BCUT2D eigenvalue weighted by Crippen LogP contribution is -2.39. The maximum atomic E-state index is 8.74. The van der Waals surface area contributed by atoms with Gasteiger partial charge in [0.15, 0.2) is 0 Å². The maximum Gasteiger partial charge on any atom is 0.0991 e. The Morgan fingerprint density at radius 2 is 1.83 bits per heavy atom. The second kappa shape index (κ2) is 5.68. The van der Waals surface area contributed by atoms with Crippen LogP contribution >= 0.6 is 0 Å². The molecule has 0 radical (unpaired) electrons. The fourth-order valence-electron chi connectivity index (χ4n) is 2.41. The van der Waals surface area contributed by atoms with Gasteiger partial charge in [0.25, 0.3) is 0 Å². The van der Waals surface area contributed by atoms with Crippen LogP contribution in [0.5, 0.6) is 0 Å². The van der Waals surface area contributed by atoms with Gasteiger partial charge in [-0.3, -0.25) is 5.01 Å². The summed E-state index contributed by atoms with van der Waals surface area (Å²) in [6.45, 7) is 4.46. The summed E-state index contributed by atoms with van der Waals surface area (Å²) in [5.41, 5.74) is 1.73. The highest BCUT2D eigenvalue weighted by Crippen LogP contribution is 2.22. The Hall–Kier alpha value is -1.82. The van der Waals surface area contributed by atoms with Crippen LogP contribution in [0.2, 0.25) is 0 Å². The standard InChI is InChI=1S/C15H19N3/c1-12-4-3-5-13(2)18(12)17-11-15-8-6-14(10-16)7-9-15/h6-9,11-13H,3-5H2,1-2H3/b17-11-/t12-,13-/m1/s1. The quantitative estimate of drug-likeness (QED) is 0.746. The molecular weight excluding hydrogens is 222 g/mol. The normalized spacial score (nSPS) is 24.2. The number of rotatable bonds is 2. The van der Waals surface area contributed by atoms with E-state index in [1.165, 1.54) is 19.3 Å². The molecule has 94 valence electrons. The zero-order valence-electron chi connectivity index (χ0n) is 11.0. The molecule has 2 rings (SSSR count). The van der Waals surface area contributed by atoms with Gasteiger partial charge in [-0.1, -0.05) is 12.1 Å². The predicted octanol–water partition coefficient (Wildman–Crippen LogP) is 3.16. The van der Waals surface area contributed by atoms with Crippen LogP contribution in [0.25, 0.3) is 0 Å². The van der Waals surface area contributed by atoms with E-state index in [2.05, 4.69) is 30.0 Å². The molecule has 1 aromatic carbocycles. The second-order valence-electron chi connectivity index (χ2n) is 4.99. The molecule has 3 heteroatoms. The van der Waals surface area contributed by atoms with E-state index < -0.39 is 0 Å². The fraction of sp³-hybridized carbons (Fsp3) is 0.467. The molecule has 1 aromatic rings. The highest BCUT2D eigenvalue weighted by atomic mass is 15.5. The van der Waals surface area contributed by atoms with Gasteiger partial charge in [-0.25, -0.2) is 0 Å². The molecule has 1 aliphatic heterocycles. The highest BCUT2D eigenvalue weighted by Gasteiger charge is 2.22. The van der Waals surface area contributed by atoms with Crippen molar-refractivity contribution in [2.75, 3.05) is 0 Å². The van der Waals surface area contributed by atoms with E-state index in [-0.39, 0.29) is 0 Å². The van der Waals surface area contributed by atoms with Crippen molar-refractivity contribution in [3.63, 3.8) is 0 Å². The van der Waals surface area contributed by atoms with Crippen LogP contribution in [0.4, 0.5) is 0 Å². The van der Waals surface area contributed by atoms with Crippen molar-refractivity contribution in [3.8, 4) is 6.07 Å². The molecule has 0 aliphatic carbocycles. The second-order valence-corrected chi connectivity index (χ2v) is 4.99. The maximum absolute atomic E-state index is 8.74. The van der Waals surface area contributed by atoms with Crippen molar-refractivity contribution in [2.24, 2.45) is 5.10 Å². The molecule has 0 amide bonds. The molecule has 0 unspecified atom stereocenters. The average Bonchev–Trinajstić information content (AvgIpc) is 2.39. The number of hydrogen-bond donors (Lipinski definition) is 0. The largest absolute Gasteiger partial charge is 0.292 e. The zero-order chi connectivity index (χ0) is 13.0. The average molecular weight is 241 g/mol. The Labute approximate surface area is 109 Å². The lowest BCUT2D eigenvalue weighted by molar-refractivity contribution is 0.109. The molecule has 3 nitrogen and oxygen atoms in total. The van der Waals surface area contributed by atoms with Gasteiger partial charge in [-0.05, 0) is 50.8 Å². The minimum Gasteiger partial charge on any atom is -0.292 e. The molecule has 0 saturated carbocycles. The van der Waals surface area contributed by atoms with Crippen molar-refractivity contribution in [1.29, 1.82) is 5.26 Å². The van der Waals surface area contributed by atoms with Crippen molar-refractivity contribution in [3.05, 3.63) is 35.4 Å². The van der Waals surface area contributed by atoms with Gasteiger partial charge < -0.3 is 0 Å². The molecule has 1 saturated heterocycles. The van der Waals surface area contributed by atoms with Crippen molar-refractivity contribution in [1.82, 2.24) is 5.01 Å². The van der Waals surface area contributed by atoms with Gasteiger partial charge in [0, 0.05) is 12.1 Å². The number of benzene rings is 1. The zero-order valence-corrected chi connectivity index (χ0v) is 11.0. The third-order valence-electron chi connectivity index (χ3n) is 3.53. The van der Waals surface area contributed by atoms with Gasteiger partial charge in [0.2, 0.25) is 0 Å². The number of nitrogens with zero attached hydrogens (tertiary/aromatic N) is 3. The predicted molar refractivity (Wildman–Crippen MR) is 73.4 cm³/mol. The first-order valence-electron chi connectivity index (χ1n) is 6.53. The molecule has 0 N–H and O–H groups in total. The molecule has 1 aliphatic rings. The van der Waals surface area contributed by atoms with Crippen molar-refractivity contribution < 1.29 is 0 Å². The van der Waals surface area contributed by atoms with Crippen LogP contribution < -0.4 is 0 Å². The molecule has 0 aromatic heterocycles. The highest BCUT2D eigenvalue weighted by molar-refractivity contribution is 5.79. The first-order chi connectivity index (χ1) is 8.70. The van der Waals surface area contributed by atoms with E-state index in [9.17, 15) is 0 Å². The number of hydrogen-bond acceptors (Lipinski definition) is 3. The molecule has 1 heterocycles. The first-order valence-corrected chi connectivity index (χ1v) is 6.53. The van der Waals surface area contributed by atoms with E-state index in [1.807, 2.05) is 30.5 Å². The summed E-state index contributed by atoms with van der Waals surface area (Å²) in [6, 6.07) is 10.7. The monoisotopic (exact) mass is 241 g/mol. The van der Waals surface area contributed by atoms with Crippen LogP contribution in [0, 0.1) is 11.3 Å². The van der Waals surface area contributed by atoms with Gasteiger partial charge in [0.05, 0.1) is 17.8 Å². The summed E-state index contributed by atoms with van der Waals surface area (Å²) in [7, 11) is 0. The molecule has 2 atom stereocenters. The summed E-state index contributed by atoms with van der Waals surface area (Å²) in [6.07, 6.45) is 5.62. The molecule has 0 spiro atoms. The SMILES string of the molecule is C[C@@H]1CCC[C@@H](C)N1/N=C\c1ccc(C#N)cc1. The molecular formula is C15H19N3. The van der Waals surface area contributed by atoms with E-state index in [4.69, 9.17) is 5.26 Å². The Morgan fingerprint density at radius 3 is 2.39 bits per heavy atom. The lowest BCUT2D eigenvalue weighted by atomic mass is 10.00. The summed E-state index contributed by atoms with van der Waals surface area (Å²) in [5, 5.41) is 15.5. The molecule has 0 bridgehead atoms. The third-order valence-corrected chi connectivity index (χ3v) is 3.53.